The second kappa shape index (κ2) is 8.05. The quantitative estimate of drug-likeness (QED) is 0.767. The summed E-state index contributed by atoms with van der Waals surface area (Å²) in [6.45, 7) is 0.161. The maximum atomic E-state index is 9.54. The van der Waals surface area contributed by atoms with Gasteiger partial charge in [-0.2, -0.15) is 5.26 Å². The van der Waals surface area contributed by atoms with Gasteiger partial charge in [0.1, 0.15) is 11.8 Å². The van der Waals surface area contributed by atoms with E-state index in [-0.39, 0.29) is 6.73 Å². The highest BCUT2D eigenvalue weighted by molar-refractivity contribution is 6.39. The summed E-state index contributed by atoms with van der Waals surface area (Å²) in [7, 11) is 1.62. The minimum absolute atomic E-state index is 0.161. The molecule has 0 bridgehead atoms. The zero-order valence-electron chi connectivity index (χ0n) is 13.9. The SMILES string of the molecule is COc1ccc(N/C=C/C2=C(C#N)N(c3c(Cl)cccc3Cl)CO2)cc1. The number of nitrogens with one attached hydrogen (secondary N) is 1. The molecule has 26 heavy (non-hydrogen) atoms. The van der Waals surface area contributed by atoms with E-state index in [9.17, 15) is 5.26 Å². The number of nitriles is 1. The lowest BCUT2D eigenvalue weighted by molar-refractivity contribution is 0.257. The standard InChI is InChI=1S/C19H15Cl2N3O2/c1-25-14-7-5-13(6-8-14)23-10-9-18-17(11-22)24(12-26-18)19-15(20)3-2-4-16(19)21/h2-10,23H,12H2,1H3/b10-9+. The van der Waals surface area contributed by atoms with E-state index >= 15 is 0 Å². The fraction of sp³-hybridized carbons (Fsp3) is 0.105. The summed E-state index contributed by atoms with van der Waals surface area (Å²) in [6, 6.07) is 14.8. The Labute approximate surface area is 161 Å². The van der Waals surface area contributed by atoms with Crippen molar-refractivity contribution in [3.63, 3.8) is 0 Å². The van der Waals surface area contributed by atoms with Crippen molar-refractivity contribution < 1.29 is 9.47 Å². The topological polar surface area (TPSA) is 57.5 Å². The molecule has 0 atom stereocenters. The number of methoxy groups -OCH3 is 1. The van der Waals surface area contributed by atoms with Gasteiger partial charge in [-0.05, 0) is 42.5 Å². The average molecular weight is 388 g/mol. The maximum Gasteiger partial charge on any atom is 0.166 e. The third-order valence-corrected chi connectivity index (χ3v) is 4.35. The number of benzene rings is 2. The van der Waals surface area contributed by atoms with Gasteiger partial charge in [0.25, 0.3) is 0 Å². The van der Waals surface area contributed by atoms with Gasteiger partial charge >= 0.3 is 0 Å². The molecule has 1 aliphatic rings. The molecular weight excluding hydrogens is 373 g/mol. The Kier molecular flexibility index (Phi) is 5.57. The molecule has 0 saturated carbocycles. The molecular formula is C19H15Cl2N3O2. The smallest absolute Gasteiger partial charge is 0.166 e. The van der Waals surface area contributed by atoms with Crippen LogP contribution in [-0.2, 0) is 4.74 Å². The van der Waals surface area contributed by atoms with Crippen LogP contribution in [0.4, 0.5) is 11.4 Å². The van der Waals surface area contributed by atoms with Crippen LogP contribution < -0.4 is 15.0 Å². The van der Waals surface area contributed by atoms with E-state index in [0.29, 0.717) is 27.2 Å². The molecule has 0 aromatic heterocycles. The van der Waals surface area contributed by atoms with Gasteiger partial charge in [-0.3, -0.25) is 4.90 Å². The molecule has 1 aliphatic heterocycles. The third kappa shape index (κ3) is 3.72. The van der Waals surface area contributed by atoms with E-state index < -0.39 is 0 Å². The molecule has 7 heteroatoms. The third-order valence-electron chi connectivity index (χ3n) is 3.74. The second-order valence-corrected chi connectivity index (χ2v) is 6.12. The molecule has 0 aliphatic carbocycles. The van der Waals surface area contributed by atoms with Crippen molar-refractivity contribution >= 4 is 34.6 Å². The average Bonchev–Trinajstić information content (AvgIpc) is 3.04. The Morgan fingerprint density at radius 1 is 1.19 bits per heavy atom. The number of nitrogens with zero attached hydrogens (tertiary/aromatic N) is 2. The summed E-state index contributed by atoms with van der Waals surface area (Å²) in [5.41, 5.74) is 1.77. The van der Waals surface area contributed by atoms with Gasteiger partial charge in [0.05, 0.1) is 22.8 Å². The number of halogens is 2. The van der Waals surface area contributed by atoms with Gasteiger partial charge in [0.15, 0.2) is 18.2 Å². The molecule has 132 valence electrons. The lowest BCUT2D eigenvalue weighted by atomic mass is 10.2. The number of ether oxygens (including phenoxy) is 2. The number of anilines is 2. The van der Waals surface area contributed by atoms with Crippen LogP contribution in [-0.4, -0.2) is 13.8 Å². The fourth-order valence-electron chi connectivity index (χ4n) is 2.47. The van der Waals surface area contributed by atoms with Crippen molar-refractivity contribution in [2.75, 3.05) is 24.1 Å². The Bertz CT molecular complexity index is 882. The Hall–Kier alpha value is -2.81. The minimum atomic E-state index is 0.161. The second-order valence-electron chi connectivity index (χ2n) is 5.30. The molecule has 0 amide bonds. The number of rotatable bonds is 5. The summed E-state index contributed by atoms with van der Waals surface area (Å²) in [5.74, 6) is 1.21. The van der Waals surface area contributed by atoms with Crippen LogP contribution in [0.25, 0.3) is 0 Å². The van der Waals surface area contributed by atoms with Gasteiger partial charge in [-0.1, -0.05) is 29.3 Å². The molecule has 2 aromatic carbocycles. The molecule has 1 heterocycles. The molecule has 0 spiro atoms. The highest BCUT2D eigenvalue weighted by Gasteiger charge is 2.27. The summed E-state index contributed by atoms with van der Waals surface area (Å²) >= 11 is 12.5. The van der Waals surface area contributed by atoms with E-state index in [1.54, 1.807) is 42.5 Å². The van der Waals surface area contributed by atoms with E-state index in [1.807, 2.05) is 24.3 Å². The first-order valence-electron chi connectivity index (χ1n) is 7.70. The number of allylic oxidation sites excluding steroid dienone is 2. The van der Waals surface area contributed by atoms with Gasteiger partial charge in [0.2, 0.25) is 0 Å². The van der Waals surface area contributed by atoms with Crippen molar-refractivity contribution in [2.45, 2.75) is 0 Å². The monoisotopic (exact) mass is 387 g/mol. The molecule has 1 N–H and O–H groups in total. The van der Waals surface area contributed by atoms with Crippen LogP contribution in [0.5, 0.6) is 5.75 Å². The Balaban J connectivity index is 1.79. The van der Waals surface area contributed by atoms with Crippen molar-refractivity contribution in [1.29, 1.82) is 5.26 Å². The molecule has 2 aromatic rings. The number of hydrogen-bond donors (Lipinski definition) is 1. The predicted octanol–water partition coefficient (Wildman–Crippen LogP) is 5.16. The first kappa shape index (κ1) is 18.0. The normalized spacial score (nSPS) is 13.7. The van der Waals surface area contributed by atoms with Crippen LogP contribution in [0.3, 0.4) is 0 Å². The molecule has 0 saturated heterocycles. The predicted molar refractivity (Wildman–Crippen MR) is 103 cm³/mol. The fourth-order valence-corrected chi connectivity index (χ4v) is 3.07. The first-order chi connectivity index (χ1) is 12.6. The lowest BCUT2D eigenvalue weighted by Gasteiger charge is -2.18. The summed E-state index contributed by atoms with van der Waals surface area (Å²) in [6.07, 6.45) is 3.39. The first-order valence-corrected chi connectivity index (χ1v) is 8.45. The molecule has 0 unspecified atom stereocenters. The van der Waals surface area contributed by atoms with Crippen molar-refractivity contribution in [1.82, 2.24) is 0 Å². The van der Waals surface area contributed by atoms with Gasteiger partial charge < -0.3 is 14.8 Å². The van der Waals surface area contributed by atoms with E-state index in [2.05, 4.69) is 11.4 Å². The minimum Gasteiger partial charge on any atom is -0.497 e. The van der Waals surface area contributed by atoms with E-state index in [1.165, 1.54) is 0 Å². The Morgan fingerprint density at radius 2 is 1.88 bits per heavy atom. The highest BCUT2D eigenvalue weighted by Crippen LogP contribution is 2.38. The Morgan fingerprint density at radius 3 is 2.50 bits per heavy atom. The van der Waals surface area contributed by atoms with Gasteiger partial charge in [0, 0.05) is 11.9 Å². The molecule has 0 radical (unpaired) electrons. The summed E-state index contributed by atoms with van der Waals surface area (Å²) < 4.78 is 10.7. The van der Waals surface area contributed by atoms with Crippen LogP contribution in [0.2, 0.25) is 10.0 Å². The van der Waals surface area contributed by atoms with Crippen LogP contribution >= 0.6 is 23.2 Å². The van der Waals surface area contributed by atoms with Gasteiger partial charge in [-0.15, -0.1) is 0 Å². The molecule has 3 rings (SSSR count). The van der Waals surface area contributed by atoms with Crippen LogP contribution in [0.15, 0.2) is 66.2 Å². The number of hydrogen-bond acceptors (Lipinski definition) is 5. The van der Waals surface area contributed by atoms with E-state index in [0.717, 1.165) is 11.4 Å². The lowest BCUT2D eigenvalue weighted by Crippen LogP contribution is -2.19. The van der Waals surface area contributed by atoms with Crippen molar-refractivity contribution in [2.24, 2.45) is 0 Å². The van der Waals surface area contributed by atoms with Crippen molar-refractivity contribution in [3.8, 4) is 11.8 Å². The number of para-hydroxylation sites is 1. The summed E-state index contributed by atoms with van der Waals surface area (Å²) in [4.78, 5) is 1.65. The summed E-state index contributed by atoms with van der Waals surface area (Å²) in [5, 5.41) is 13.6. The van der Waals surface area contributed by atoms with Crippen LogP contribution in [0.1, 0.15) is 0 Å². The van der Waals surface area contributed by atoms with Crippen molar-refractivity contribution in [3.05, 3.63) is 76.2 Å². The van der Waals surface area contributed by atoms with E-state index in [4.69, 9.17) is 32.7 Å². The maximum absolute atomic E-state index is 9.54. The zero-order valence-corrected chi connectivity index (χ0v) is 15.4. The molecule has 5 nitrogen and oxygen atoms in total. The highest BCUT2D eigenvalue weighted by atomic mass is 35.5. The van der Waals surface area contributed by atoms with Crippen LogP contribution in [0, 0.1) is 11.3 Å². The zero-order chi connectivity index (χ0) is 18.5. The largest absolute Gasteiger partial charge is 0.497 e. The molecule has 0 fully saturated rings. The van der Waals surface area contributed by atoms with Gasteiger partial charge in [-0.25, -0.2) is 0 Å².